The van der Waals surface area contributed by atoms with Crippen LogP contribution in [0.3, 0.4) is 0 Å². The molecule has 4 heteroatoms. The summed E-state index contributed by atoms with van der Waals surface area (Å²) < 4.78 is 0. The lowest BCUT2D eigenvalue weighted by Gasteiger charge is -2.04. The zero-order valence-electron chi connectivity index (χ0n) is 8.29. The normalized spacial score (nSPS) is 9.86. The van der Waals surface area contributed by atoms with Crippen molar-refractivity contribution in [3.63, 3.8) is 0 Å². The van der Waals surface area contributed by atoms with Crippen LogP contribution < -0.4 is 11.1 Å². The second-order valence-electron chi connectivity index (χ2n) is 3.04. The molecule has 0 radical (unpaired) electrons. The average molecular weight is 193 g/mol. The number of hydrogen-bond acceptors (Lipinski definition) is 3. The van der Waals surface area contributed by atoms with E-state index < -0.39 is 0 Å². The van der Waals surface area contributed by atoms with Gasteiger partial charge in [0, 0.05) is 18.9 Å². The summed E-state index contributed by atoms with van der Waals surface area (Å²) in [7, 11) is 0. The third-order valence-electron chi connectivity index (χ3n) is 1.93. The number of aromatic nitrogens is 1. The number of hydrogen-bond donors (Lipinski definition) is 2. The van der Waals surface area contributed by atoms with Gasteiger partial charge < -0.3 is 11.1 Å². The van der Waals surface area contributed by atoms with Gasteiger partial charge in [-0.1, -0.05) is 13.0 Å². The van der Waals surface area contributed by atoms with Gasteiger partial charge in [0.15, 0.2) is 0 Å². The molecule has 0 atom stereocenters. The predicted molar refractivity (Wildman–Crippen MR) is 54.5 cm³/mol. The van der Waals surface area contributed by atoms with E-state index in [0.717, 1.165) is 12.0 Å². The third-order valence-corrected chi connectivity index (χ3v) is 1.93. The number of nitrogens with zero attached hydrogens (tertiary/aromatic N) is 1. The zero-order chi connectivity index (χ0) is 10.4. The van der Waals surface area contributed by atoms with Crippen LogP contribution in [0, 0.1) is 0 Å². The molecule has 0 aliphatic carbocycles. The van der Waals surface area contributed by atoms with Crippen LogP contribution in [-0.4, -0.2) is 17.4 Å². The van der Waals surface area contributed by atoms with Crippen LogP contribution in [0.2, 0.25) is 0 Å². The number of aryl methyl sites for hydroxylation is 1. The van der Waals surface area contributed by atoms with Gasteiger partial charge in [0.2, 0.25) is 5.91 Å². The molecule has 0 unspecified atom stereocenters. The first-order valence-corrected chi connectivity index (χ1v) is 4.65. The molecule has 1 aromatic rings. The number of nitrogens with two attached hydrogens (primary N) is 1. The smallest absolute Gasteiger partial charge is 0.234 e. The fourth-order valence-corrected chi connectivity index (χ4v) is 1.10. The highest BCUT2D eigenvalue weighted by molar-refractivity contribution is 5.77. The molecular weight excluding hydrogens is 178 g/mol. The van der Waals surface area contributed by atoms with Crippen LogP contribution >= 0.6 is 0 Å². The summed E-state index contributed by atoms with van der Waals surface area (Å²) in [5, 5.41) is 2.70. The van der Waals surface area contributed by atoms with E-state index in [1.54, 1.807) is 6.20 Å². The van der Waals surface area contributed by atoms with Crippen LogP contribution in [0.4, 0.5) is 0 Å². The minimum Gasteiger partial charge on any atom is -0.351 e. The average Bonchev–Trinajstić information content (AvgIpc) is 2.26. The Morgan fingerprint density at radius 3 is 2.86 bits per heavy atom. The first kappa shape index (κ1) is 10.7. The lowest BCUT2D eigenvalue weighted by Crippen LogP contribution is -2.29. The molecule has 3 N–H and O–H groups in total. The van der Waals surface area contributed by atoms with Gasteiger partial charge in [-0.2, -0.15) is 0 Å². The lowest BCUT2D eigenvalue weighted by atomic mass is 10.1. The maximum Gasteiger partial charge on any atom is 0.234 e. The van der Waals surface area contributed by atoms with Crippen molar-refractivity contribution in [2.75, 3.05) is 6.54 Å². The number of pyridine rings is 1. The van der Waals surface area contributed by atoms with Crippen molar-refractivity contribution in [1.29, 1.82) is 0 Å². The number of rotatable bonds is 4. The van der Waals surface area contributed by atoms with Gasteiger partial charge in [0.25, 0.3) is 0 Å². The molecule has 4 nitrogen and oxygen atoms in total. The maximum absolute atomic E-state index is 10.9. The zero-order valence-corrected chi connectivity index (χ0v) is 8.29. The van der Waals surface area contributed by atoms with Gasteiger partial charge in [-0.3, -0.25) is 9.78 Å². The minimum atomic E-state index is -0.146. The van der Waals surface area contributed by atoms with Gasteiger partial charge in [0.1, 0.15) is 0 Å². The fourth-order valence-electron chi connectivity index (χ4n) is 1.10. The second-order valence-corrected chi connectivity index (χ2v) is 3.04. The molecule has 1 heterocycles. The Hall–Kier alpha value is -1.42. The molecule has 1 aromatic heterocycles. The van der Waals surface area contributed by atoms with E-state index in [4.69, 9.17) is 5.73 Å². The van der Waals surface area contributed by atoms with E-state index >= 15 is 0 Å². The van der Waals surface area contributed by atoms with Gasteiger partial charge in [-0.05, 0) is 17.5 Å². The summed E-state index contributed by atoms with van der Waals surface area (Å²) >= 11 is 0. The molecular formula is C10H15N3O. The first-order valence-electron chi connectivity index (χ1n) is 4.65. The molecule has 0 aliphatic rings. The van der Waals surface area contributed by atoms with E-state index in [2.05, 4.69) is 17.2 Å². The standard InChI is InChI=1S/C10H15N3O/c1-2-8-3-9(6-12-5-8)7-13-10(14)4-11/h3,5-6H,2,4,7,11H2,1H3,(H,13,14). The molecule has 0 fully saturated rings. The van der Waals surface area contributed by atoms with E-state index in [1.165, 1.54) is 5.56 Å². The van der Waals surface area contributed by atoms with Crippen LogP contribution in [-0.2, 0) is 17.8 Å². The summed E-state index contributed by atoms with van der Waals surface area (Å²) in [6, 6.07) is 2.03. The monoisotopic (exact) mass is 193 g/mol. The Bertz CT molecular complexity index is 312. The van der Waals surface area contributed by atoms with Crippen molar-refractivity contribution in [3.8, 4) is 0 Å². The van der Waals surface area contributed by atoms with E-state index in [0.29, 0.717) is 6.54 Å². The third kappa shape index (κ3) is 3.14. The summed E-state index contributed by atoms with van der Waals surface area (Å²) in [6.45, 7) is 2.59. The lowest BCUT2D eigenvalue weighted by molar-refractivity contribution is -0.119. The molecule has 0 bridgehead atoms. The topological polar surface area (TPSA) is 68.0 Å². The highest BCUT2D eigenvalue weighted by atomic mass is 16.1. The molecule has 14 heavy (non-hydrogen) atoms. The van der Waals surface area contributed by atoms with Gasteiger partial charge in [0.05, 0.1) is 6.54 Å². The molecule has 1 rings (SSSR count). The van der Waals surface area contributed by atoms with Crippen LogP contribution in [0.1, 0.15) is 18.1 Å². The van der Waals surface area contributed by atoms with Crippen molar-refractivity contribution < 1.29 is 4.79 Å². The molecule has 76 valence electrons. The largest absolute Gasteiger partial charge is 0.351 e. The highest BCUT2D eigenvalue weighted by Crippen LogP contribution is 2.02. The Morgan fingerprint density at radius 2 is 2.21 bits per heavy atom. The Kier molecular flexibility index (Phi) is 4.07. The van der Waals surface area contributed by atoms with E-state index in [1.807, 2.05) is 12.3 Å². The molecule has 0 aromatic carbocycles. The Morgan fingerprint density at radius 1 is 1.50 bits per heavy atom. The number of carbonyl (C=O) groups excluding carboxylic acids is 1. The number of carbonyl (C=O) groups is 1. The SMILES string of the molecule is CCc1cncc(CNC(=O)CN)c1. The van der Waals surface area contributed by atoms with Gasteiger partial charge in [-0.25, -0.2) is 0 Å². The fraction of sp³-hybridized carbons (Fsp3) is 0.400. The summed E-state index contributed by atoms with van der Waals surface area (Å²) in [5.74, 6) is -0.146. The number of nitrogens with one attached hydrogen (secondary N) is 1. The molecule has 0 saturated heterocycles. The molecule has 0 saturated carbocycles. The summed E-state index contributed by atoms with van der Waals surface area (Å²) in [4.78, 5) is 15.0. The molecule has 1 amide bonds. The second kappa shape index (κ2) is 5.34. The quantitative estimate of drug-likeness (QED) is 0.718. The first-order chi connectivity index (χ1) is 6.76. The van der Waals surface area contributed by atoms with E-state index in [-0.39, 0.29) is 12.5 Å². The Labute approximate surface area is 83.5 Å². The van der Waals surface area contributed by atoms with Crippen molar-refractivity contribution >= 4 is 5.91 Å². The van der Waals surface area contributed by atoms with Crippen molar-refractivity contribution in [2.45, 2.75) is 19.9 Å². The highest BCUT2D eigenvalue weighted by Gasteiger charge is 1.98. The maximum atomic E-state index is 10.9. The molecule has 0 spiro atoms. The molecule has 0 aliphatic heterocycles. The summed E-state index contributed by atoms with van der Waals surface area (Å²) in [5.41, 5.74) is 7.34. The van der Waals surface area contributed by atoms with Gasteiger partial charge >= 0.3 is 0 Å². The van der Waals surface area contributed by atoms with Crippen LogP contribution in [0.5, 0.6) is 0 Å². The number of amides is 1. The van der Waals surface area contributed by atoms with Crippen molar-refractivity contribution in [2.24, 2.45) is 5.73 Å². The predicted octanol–water partition coefficient (Wildman–Crippen LogP) is 0.219. The van der Waals surface area contributed by atoms with Crippen LogP contribution in [0.15, 0.2) is 18.5 Å². The van der Waals surface area contributed by atoms with Crippen molar-refractivity contribution in [1.82, 2.24) is 10.3 Å². The van der Waals surface area contributed by atoms with E-state index in [9.17, 15) is 4.79 Å². The Balaban J connectivity index is 2.54. The van der Waals surface area contributed by atoms with Gasteiger partial charge in [-0.15, -0.1) is 0 Å². The minimum absolute atomic E-state index is 0.0287. The van der Waals surface area contributed by atoms with Crippen molar-refractivity contribution in [3.05, 3.63) is 29.6 Å². The van der Waals surface area contributed by atoms with Crippen LogP contribution in [0.25, 0.3) is 0 Å². The summed E-state index contributed by atoms with van der Waals surface area (Å²) in [6.07, 6.45) is 4.52.